The van der Waals surface area contributed by atoms with E-state index in [0.717, 1.165) is 6.42 Å². The summed E-state index contributed by atoms with van der Waals surface area (Å²) in [6.45, 7) is -0.0286. The lowest BCUT2D eigenvalue weighted by Gasteiger charge is -2.39. The molecule has 1 aliphatic heterocycles. The van der Waals surface area contributed by atoms with Crippen LogP contribution < -0.4 is 9.47 Å². The van der Waals surface area contributed by atoms with E-state index in [1.54, 1.807) is 0 Å². The fourth-order valence-electron chi connectivity index (χ4n) is 2.70. The Hall–Kier alpha value is -1.75. The van der Waals surface area contributed by atoms with Crippen LogP contribution in [0.1, 0.15) is 35.2 Å². The van der Waals surface area contributed by atoms with Gasteiger partial charge in [0.1, 0.15) is 0 Å². The average Bonchev–Trinajstić information content (AvgIpc) is 2.78. The largest absolute Gasteiger partial charge is 0.481 e. The maximum atomic E-state index is 11.6. The zero-order valence-corrected chi connectivity index (χ0v) is 10.7. The van der Waals surface area contributed by atoms with Gasteiger partial charge >= 0.3 is 5.97 Å². The summed E-state index contributed by atoms with van der Waals surface area (Å²) in [5.74, 6) is -0.323. The normalized spacial score (nSPS) is 18.8. The summed E-state index contributed by atoms with van der Waals surface area (Å²) in [5.41, 5.74) is -0.303. The number of carbonyl (C=O) groups is 2. The first-order valence-electron chi connectivity index (χ1n) is 5.91. The van der Waals surface area contributed by atoms with Gasteiger partial charge in [0, 0.05) is 10.6 Å². The monoisotopic (exact) mass is 282 g/mol. The molecule has 100 valence electrons. The predicted molar refractivity (Wildman–Crippen MR) is 66.1 cm³/mol. The second-order valence-corrected chi connectivity index (χ2v) is 5.15. The number of aliphatic carboxylic acids is 1. The standard InChI is InChI=1S/C13H11ClO5/c14-8-4-7(5-15)10-11(19-6-18-10)9(8)13(12(16)17)2-1-3-13/h4-5H,1-3,6H2,(H,16,17). The maximum absolute atomic E-state index is 11.6. The number of carboxylic acid groups (broad SMARTS) is 1. The summed E-state index contributed by atoms with van der Waals surface area (Å²) >= 11 is 6.18. The number of hydrogen-bond acceptors (Lipinski definition) is 4. The predicted octanol–water partition coefficient (Wildman–Crippen LogP) is 2.39. The molecule has 0 atom stereocenters. The Balaban J connectivity index is 2.25. The molecule has 0 spiro atoms. The van der Waals surface area contributed by atoms with Crippen LogP contribution in [0.2, 0.25) is 5.02 Å². The Morgan fingerprint density at radius 3 is 2.58 bits per heavy atom. The molecule has 2 aliphatic rings. The van der Waals surface area contributed by atoms with Gasteiger partial charge in [-0.15, -0.1) is 0 Å². The van der Waals surface area contributed by atoms with E-state index in [1.165, 1.54) is 6.07 Å². The van der Waals surface area contributed by atoms with Crippen LogP contribution in [0.15, 0.2) is 6.07 Å². The fraction of sp³-hybridized carbons (Fsp3) is 0.385. The molecule has 0 unspecified atom stereocenters. The van der Waals surface area contributed by atoms with Crippen molar-refractivity contribution in [1.29, 1.82) is 0 Å². The van der Waals surface area contributed by atoms with Gasteiger partial charge in [0.2, 0.25) is 6.79 Å². The highest BCUT2D eigenvalue weighted by Crippen LogP contribution is 2.54. The molecule has 0 saturated heterocycles. The van der Waals surface area contributed by atoms with Crippen LogP contribution in [0.5, 0.6) is 11.5 Å². The lowest BCUT2D eigenvalue weighted by molar-refractivity contribution is -0.147. The van der Waals surface area contributed by atoms with Crippen molar-refractivity contribution in [2.24, 2.45) is 0 Å². The summed E-state index contributed by atoms with van der Waals surface area (Å²) in [6.07, 6.45) is 2.47. The van der Waals surface area contributed by atoms with Crippen LogP contribution in [-0.4, -0.2) is 24.2 Å². The van der Waals surface area contributed by atoms with Crippen molar-refractivity contribution in [2.75, 3.05) is 6.79 Å². The number of carboxylic acids is 1. The first-order valence-corrected chi connectivity index (χ1v) is 6.29. The van der Waals surface area contributed by atoms with Crippen molar-refractivity contribution in [2.45, 2.75) is 24.7 Å². The van der Waals surface area contributed by atoms with E-state index in [0.29, 0.717) is 36.2 Å². The molecule has 1 saturated carbocycles. The Kier molecular flexibility index (Phi) is 2.67. The van der Waals surface area contributed by atoms with Crippen LogP contribution in [0, 0.1) is 0 Å². The molecule has 0 amide bonds. The fourth-order valence-corrected chi connectivity index (χ4v) is 3.08. The highest BCUT2D eigenvalue weighted by molar-refractivity contribution is 6.32. The van der Waals surface area contributed by atoms with Gasteiger partial charge in [-0.3, -0.25) is 9.59 Å². The molecule has 1 heterocycles. The Morgan fingerprint density at radius 1 is 1.37 bits per heavy atom. The van der Waals surface area contributed by atoms with Crippen molar-refractivity contribution in [3.05, 3.63) is 22.2 Å². The Labute approximate surface area is 114 Å². The molecule has 1 fully saturated rings. The van der Waals surface area contributed by atoms with Crippen molar-refractivity contribution >= 4 is 23.9 Å². The molecule has 1 aromatic carbocycles. The van der Waals surface area contributed by atoms with Crippen LogP contribution in [-0.2, 0) is 10.2 Å². The summed E-state index contributed by atoms with van der Waals surface area (Å²) < 4.78 is 10.6. The van der Waals surface area contributed by atoms with E-state index in [4.69, 9.17) is 21.1 Å². The van der Waals surface area contributed by atoms with Gasteiger partial charge < -0.3 is 14.6 Å². The number of hydrogen-bond donors (Lipinski definition) is 1. The van der Waals surface area contributed by atoms with Gasteiger partial charge in [-0.2, -0.15) is 0 Å². The zero-order valence-electron chi connectivity index (χ0n) is 9.94. The molecule has 3 rings (SSSR count). The maximum Gasteiger partial charge on any atom is 0.314 e. The minimum absolute atomic E-state index is 0.0286. The van der Waals surface area contributed by atoms with Crippen molar-refractivity contribution in [3.8, 4) is 11.5 Å². The number of carbonyl (C=O) groups excluding carboxylic acids is 1. The number of benzene rings is 1. The molecule has 1 aromatic rings. The highest BCUT2D eigenvalue weighted by atomic mass is 35.5. The van der Waals surface area contributed by atoms with Crippen LogP contribution in [0.4, 0.5) is 0 Å². The quantitative estimate of drug-likeness (QED) is 0.862. The first kappa shape index (κ1) is 12.3. The molecular formula is C13H11ClO5. The van der Waals surface area contributed by atoms with Gasteiger partial charge in [-0.05, 0) is 18.9 Å². The molecular weight excluding hydrogens is 272 g/mol. The van der Waals surface area contributed by atoms with E-state index in [2.05, 4.69) is 0 Å². The summed E-state index contributed by atoms with van der Waals surface area (Å²) in [6, 6.07) is 1.44. The Morgan fingerprint density at radius 2 is 2.05 bits per heavy atom. The van der Waals surface area contributed by atoms with Crippen molar-refractivity contribution in [1.82, 2.24) is 0 Å². The molecule has 6 heteroatoms. The van der Waals surface area contributed by atoms with Gasteiger partial charge in [-0.25, -0.2) is 0 Å². The summed E-state index contributed by atoms with van der Waals surface area (Å²) in [5, 5.41) is 9.74. The van der Waals surface area contributed by atoms with Gasteiger partial charge in [0.15, 0.2) is 17.8 Å². The van der Waals surface area contributed by atoms with E-state index in [9.17, 15) is 14.7 Å². The number of fused-ring (bicyclic) bond motifs is 1. The third kappa shape index (κ3) is 1.54. The molecule has 0 aromatic heterocycles. The summed E-state index contributed by atoms with van der Waals surface area (Å²) in [7, 11) is 0. The van der Waals surface area contributed by atoms with E-state index >= 15 is 0 Å². The topological polar surface area (TPSA) is 72.8 Å². The number of rotatable bonds is 3. The smallest absolute Gasteiger partial charge is 0.314 e. The van der Waals surface area contributed by atoms with Crippen LogP contribution >= 0.6 is 11.6 Å². The molecule has 5 nitrogen and oxygen atoms in total. The third-order valence-electron chi connectivity index (χ3n) is 3.85. The molecule has 1 N–H and O–H groups in total. The molecule has 0 radical (unpaired) electrons. The zero-order chi connectivity index (χ0) is 13.6. The molecule has 19 heavy (non-hydrogen) atoms. The second kappa shape index (κ2) is 4.13. The third-order valence-corrected chi connectivity index (χ3v) is 4.14. The van der Waals surface area contributed by atoms with Crippen molar-refractivity contribution in [3.63, 3.8) is 0 Å². The first-order chi connectivity index (χ1) is 9.10. The van der Waals surface area contributed by atoms with Crippen molar-refractivity contribution < 1.29 is 24.2 Å². The second-order valence-electron chi connectivity index (χ2n) is 4.75. The van der Waals surface area contributed by atoms with E-state index in [1.807, 2.05) is 0 Å². The van der Waals surface area contributed by atoms with Gasteiger partial charge in [0.25, 0.3) is 0 Å². The average molecular weight is 283 g/mol. The SMILES string of the molecule is O=Cc1cc(Cl)c(C2(C(=O)O)CCC2)c2c1OCO2. The number of ether oxygens (including phenoxy) is 2. The van der Waals surface area contributed by atoms with E-state index in [-0.39, 0.29) is 17.4 Å². The summed E-state index contributed by atoms with van der Waals surface area (Å²) in [4.78, 5) is 22.6. The van der Waals surface area contributed by atoms with Gasteiger partial charge in [0.05, 0.1) is 11.0 Å². The lowest BCUT2D eigenvalue weighted by Crippen LogP contribution is -2.42. The number of aldehydes is 1. The molecule has 0 bridgehead atoms. The highest BCUT2D eigenvalue weighted by Gasteiger charge is 2.50. The minimum atomic E-state index is -1.02. The molecule has 1 aliphatic carbocycles. The van der Waals surface area contributed by atoms with Gasteiger partial charge in [-0.1, -0.05) is 18.0 Å². The Bertz CT molecular complexity index is 577. The van der Waals surface area contributed by atoms with Crippen LogP contribution in [0.25, 0.3) is 0 Å². The minimum Gasteiger partial charge on any atom is -0.481 e. The number of halogens is 1. The lowest BCUT2D eigenvalue weighted by atomic mass is 9.64. The van der Waals surface area contributed by atoms with Crippen LogP contribution in [0.3, 0.4) is 0 Å². The van der Waals surface area contributed by atoms with E-state index < -0.39 is 11.4 Å².